The minimum absolute atomic E-state index is 0.0240. The summed E-state index contributed by atoms with van der Waals surface area (Å²) in [5.41, 5.74) is 2.20. The first kappa shape index (κ1) is 23.6. The van der Waals surface area contributed by atoms with Gasteiger partial charge in [0, 0.05) is 0 Å². The van der Waals surface area contributed by atoms with Crippen molar-refractivity contribution in [1.82, 2.24) is 0 Å². The first-order chi connectivity index (χ1) is 15.3. The van der Waals surface area contributed by atoms with Gasteiger partial charge in [0.25, 0.3) is 0 Å². The van der Waals surface area contributed by atoms with Crippen LogP contribution >= 0.6 is 0 Å². The molecule has 0 saturated carbocycles. The van der Waals surface area contributed by atoms with Gasteiger partial charge in [-0.3, -0.25) is 0 Å². The quantitative estimate of drug-likeness (QED) is 0.302. The Morgan fingerprint density at radius 1 is 0.781 bits per heavy atom. The van der Waals surface area contributed by atoms with Gasteiger partial charge in [-0.15, -0.1) is 0 Å². The lowest BCUT2D eigenvalue weighted by Gasteiger charge is -2.19. The van der Waals surface area contributed by atoms with Crippen LogP contribution in [0.1, 0.15) is 35.6 Å². The molecule has 0 aliphatic heterocycles. The lowest BCUT2D eigenvalue weighted by molar-refractivity contribution is -0.185. The molecule has 2 nitrogen and oxygen atoms in total. The molecule has 0 aliphatic rings. The van der Waals surface area contributed by atoms with E-state index in [9.17, 15) is 22.0 Å². The van der Waals surface area contributed by atoms with E-state index in [0.717, 1.165) is 36.1 Å². The fourth-order valence-electron chi connectivity index (χ4n) is 3.27. The molecule has 0 aliphatic carbocycles. The number of ether oxygens (including phenoxy) is 2. The first-order valence-electron chi connectivity index (χ1n) is 10.2. The third-order valence-corrected chi connectivity index (χ3v) is 4.91. The summed E-state index contributed by atoms with van der Waals surface area (Å²) < 4.78 is 76.1. The third-order valence-electron chi connectivity index (χ3n) is 4.91. The van der Waals surface area contributed by atoms with Crippen LogP contribution in [0.5, 0.6) is 11.5 Å². The smallest absolute Gasteiger partial charge is 0.426 e. The van der Waals surface area contributed by atoms with Crippen molar-refractivity contribution < 1.29 is 31.4 Å². The average molecular weight is 450 g/mol. The van der Waals surface area contributed by atoms with Crippen molar-refractivity contribution in [3.8, 4) is 11.5 Å². The summed E-state index contributed by atoms with van der Waals surface area (Å²) in [6.07, 6.45) is -0.761. The van der Waals surface area contributed by atoms with Gasteiger partial charge in [0.15, 0.2) is 11.6 Å². The highest BCUT2D eigenvalue weighted by Gasteiger charge is 2.34. The van der Waals surface area contributed by atoms with Gasteiger partial charge < -0.3 is 9.47 Å². The highest BCUT2D eigenvalue weighted by molar-refractivity contribution is 5.32. The maximum absolute atomic E-state index is 14.5. The Balaban J connectivity index is 1.58. The van der Waals surface area contributed by atoms with Crippen LogP contribution < -0.4 is 9.47 Å². The van der Waals surface area contributed by atoms with Gasteiger partial charge in [-0.2, -0.15) is 17.6 Å². The van der Waals surface area contributed by atoms with Crippen molar-refractivity contribution in [3.63, 3.8) is 0 Å². The zero-order chi connectivity index (χ0) is 23.1. The fourth-order valence-corrected chi connectivity index (χ4v) is 3.27. The van der Waals surface area contributed by atoms with Gasteiger partial charge in [-0.1, -0.05) is 43.7 Å². The van der Waals surface area contributed by atoms with E-state index in [1.807, 2.05) is 6.92 Å². The number of benzene rings is 3. The number of aryl methyl sites for hydroxylation is 3. The summed E-state index contributed by atoms with van der Waals surface area (Å²) in [5.74, 6) is -1.35. The second-order valence-electron chi connectivity index (χ2n) is 7.35. The van der Waals surface area contributed by atoms with Gasteiger partial charge in [-0.25, -0.2) is 4.39 Å². The van der Waals surface area contributed by atoms with Crippen LogP contribution in [0, 0.1) is 5.82 Å². The number of halogens is 5. The lowest BCUT2D eigenvalue weighted by atomic mass is 10.0. The zero-order valence-electron chi connectivity index (χ0n) is 17.5. The standard InChI is InChI=1S/C25H23F5O2/c1-2-3-17-6-11-20(12-7-17)25(29,30)32-21-13-8-18(9-14-21)4-5-19-10-15-23(22(26)16-19)31-24(27)28/h6-16,24H,2-5H2,1H3. The molecule has 0 fully saturated rings. The molecule has 0 bridgehead atoms. The molecule has 0 saturated heterocycles. The van der Waals surface area contributed by atoms with E-state index >= 15 is 0 Å². The van der Waals surface area contributed by atoms with Gasteiger partial charge in [0.2, 0.25) is 0 Å². The van der Waals surface area contributed by atoms with E-state index in [0.29, 0.717) is 18.4 Å². The highest BCUT2D eigenvalue weighted by Crippen LogP contribution is 2.32. The molecule has 0 unspecified atom stereocenters. The van der Waals surface area contributed by atoms with Crippen LogP contribution in [-0.4, -0.2) is 6.61 Å². The summed E-state index contributed by atoms with van der Waals surface area (Å²) in [4.78, 5) is 0. The Morgan fingerprint density at radius 2 is 1.34 bits per heavy atom. The molecule has 0 amide bonds. The minimum atomic E-state index is -3.47. The predicted octanol–water partition coefficient (Wildman–Crippen LogP) is 7.29. The van der Waals surface area contributed by atoms with Gasteiger partial charge >= 0.3 is 12.7 Å². The number of alkyl halides is 4. The van der Waals surface area contributed by atoms with Crippen LogP contribution in [0.3, 0.4) is 0 Å². The monoisotopic (exact) mass is 450 g/mol. The van der Waals surface area contributed by atoms with E-state index in [1.165, 1.54) is 30.3 Å². The average Bonchev–Trinajstić information content (AvgIpc) is 2.75. The fraction of sp³-hybridized carbons (Fsp3) is 0.280. The van der Waals surface area contributed by atoms with Crippen molar-refractivity contribution in [1.29, 1.82) is 0 Å². The summed E-state index contributed by atoms with van der Waals surface area (Å²) in [6, 6.07) is 16.1. The van der Waals surface area contributed by atoms with E-state index in [4.69, 9.17) is 4.74 Å². The maximum Gasteiger partial charge on any atom is 0.426 e. The summed E-state index contributed by atoms with van der Waals surface area (Å²) in [6.45, 7) is -1.07. The molecular formula is C25H23F5O2. The SMILES string of the molecule is CCCc1ccc(C(F)(F)Oc2ccc(CCc3ccc(OC(F)F)c(F)c3)cc2)cc1. The number of hydrogen-bond acceptors (Lipinski definition) is 2. The zero-order valence-corrected chi connectivity index (χ0v) is 17.5. The Hall–Kier alpha value is -3.09. The summed E-state index contributed by atoms with van der Waals surface area (Å²) >= 11 is 0. The Morgan fingerprint density at radius 3 is 1.94 bits per heavy atom. The van der Waals surface area contributed by atoms with Crippen LogP contribution in [0.4, 0.5) is 22.0 Å². The van der Waals surface area contributed by atoms with E-state index in [2.05, 4.69) is 4.74 Å². The minimum Gasteiger partial charge on any atom is -0.432 e. The molecule has 0 N–H and O–H groups in total. The normalized spacial score (nSPS) is 11.6. The van der Waals surface area contributed by atoms with Crippen molar-refractivity contribution in [3.05, 3.63) is 94.8 Å². The van der Waals surface area contributed by atoms with Gasteiger partial charge in [0.1, 0.15) is 5.75 Å². The van der Waals surface area contributed by atoms with E-state index < -0.39 is 24.3 Å². The van der Waals surface area contributed by atoms with Crippen LogP contribution in [0.25, 0.3) is 0 Å². The molecule has 3 rings (SSSR count). The molecule has 0 radical (unpaired) electrons. The van der Waals surface area contributed by atoms with Crippen molar-refractivity contribution >= 4 is 0 Å². The Labute approximate surface area is 183 Å². The van der Waals surface area contributed by atoms with E-state index in [1.54, 1.807) is 24.3 Å². The largest absolute Gasteiger partial charge is 0.432 e. The Kier molecular flexibility index (Phi) is 7.72. The number of rotatable bonds is 10. The second kappa shape index (κ2) is 10.5. The third kappa shape index (κ3) is 6.45. The molecule has 0 atom stereocenters. The van der Waals surface area contributed by atoms with E-state index in [-0.39, 0.29) is 11.3 Å². The second-order valence-corrected chi connectivity index (χ2v) is 7.35. The molecule has 32 heavy (non-hydrogen) atoms. The molecular weight excluding hydrogens is 427 g/mol. The molecule has 7 heteroatoms. The summed E-state index contributed by atoms with van der Waals surface area (Å²) in [5, 5.41) is 0. The molecule has 0 spiro atoms. The predicted molar refractivity (Wildman–Crippen MR) is 112 cm³/mol. The molecule has 3 aromatic rings. The molecule has 0 heterocycles. The van der Waals surface area contributed by atoms with Gasteiger partial charge in [-0.05, 0) is 72.4 Å². The molecule has 170 valence electrons. The Bertz CT molecular complexity index is 1000. The van der Waals surface area contributed by atoms with Crippen molar-refractivity contribution in [2.24, 2.45) is 0 Å². The topological polar surface area (TPSA) is 18.5 Å². The van der Waals surface area contributed by atoms with Crippen molar-refractivity contribution in [2.75, 3.05) is 0 Å². The first-order valence-corrected chi connectivity index (χ1v) is 10.2. The van der Waals surface area contributed by atoms with Crippen LogP contribution in [0.15, 0.2) is 66.7 Å². The number of hydrogen-bond donors (Lipinski definition) is 0. The van der Waals surface area contributed by atoms with Crippen LogP contribution in [0.2, 0.25) is 0 Å². The maximum atomic E-state index is 14.5. The van der Waals surface area contributed by atoms with Crippen LogP contribution in [-0.2, 0) is 25.4 Å². The van der Waals surface area contributed by atoms with Gasteiger partial charge in [0.05, 0.1) is 5.56 Å². The van der Waals surface area contributed by atoms with Crippen molar-refractivity contribution in [2.45, 2.75) is 45.3 Å². The highest BCUT2D eigenvalue weighted by atomic mass is 19.3. The molecule has 3 aromatic carbocycles. The summed E-state index contributed by atoms with van der Waals surface area (Å²) in [7, 11) is 0. The lowest BCUT2D eigenvalue weighted by Crippen LogP contribution is -2.21. The molecule has 0 aromatic heterocycles.